The Bertz CT molecular complexity index is 1460. The molecule has 0 aromatic carbocycles. The summed E-state index contributed by atoms with van der Waals surface area (Å²) >= 11 is 0. The molecule has 8 bridgehead atoms. The molecule has 10 nitrogen and oxygen atoms in total. The third-order valence-corrected chi connectivity index (χ3v) is 15.9. The number of piperidine rings is 2. The van der Waals surface area contributed by atoms with Crippen LogP contribution in [0.15, 0.2) is 0 Å². The fraction of sp³-hybridized carbons (Fsp3) is 0.897. The van der Waals surface area contributed by atoms with E-state index in [-0.39, 0.29) is 85.4 Å². The second kappa shape index (κ2) is 12.5. The van der Waals surface area contributed by atoms with Crippen molar-refractivity contribution in [2.45, 2.75) is 163 Å². The molecular formula is C39H55N6O4Y-. The molecule has 4 N–H and O–H groups in total. The zero-order chi connectivity index (χ0) is 34.1. The molecule has 2 saturated heterocycles. The molecule has 0 spiro atoms. The molecule has 50 heavy (non-hydrogen) atoms. The zero-order valence-electron chi connectivity index (χ0n) is 29.8. The van der Waals surface area contributed by atoms with Gasteiger partial charge in [-0.1, -0.05) is 0 Å². The first-order chi connectivity index (χ1) is 23.4. The third kappa shape index (κ3) is 5.85. The summed E-state index contributed by atoms with van der Waals surface area (Å²) in [6.07, 6.45) is 16.8. The molecule has 10 aliphatic carbocycles. The SMILES string of the molecule is [C-]#[N+][C@@H]1C[C@@H]2C[C@@H]2N1C(=O)C[C@@H](N)C12CC3CC(CC(O)(C3)C1)C2.[C-]#[N+][C@@H]1C[C@@H]2C[C@@H]2N1C(=O)C[C@@H]([NH-])C12CC3CC(CC(OC)(C3)C1)C2.[Y]. The van der Waals surface area contributed by atoms with Crippen LogP contribution >= 0.6 is 0 Å². The Morgan fingerprint density at radius 2 is 1.26 bits per heavy atom. The summed E-state index contributed by atoms with van der Waals surface area (Å²) < 4.78 is 5.97. The Labute approximate surface area is 323 Å². The number of nitrogens with one attached hydrogen (secondary N) is 1. The number of nitrogens with zero attached hydrogens (tertiary/aromatic N) is 4. The average molecular weight is 761 g/mol. The maximum atomic E-state index is 12.9. The van der Waals surface area contributed by atoms with Crippen LogP contribution in [-0.4, -0.2) is 81.5 Å². The van der Waals surface area contributed by atoms with Crippen molar-refractivity contribution in [3.63, 3.8) is 0 Å². The van der Waals surface area contributed by atoms with Crippen LogP contribution in [0.5, 0.6) is 0 Å². The van der Waals surface area contributed by atoms with E-state index < -0.39 is 5.60 Å². The number of hydrogen-bond acceptors (Lipinski definition) is 5. The van der Waals surface area contributed by atoms with Crippen LogP contribution in [0.25, 0.3) is 15.4 Å². The van der Waals surface area contributed by atoms with Gasteiger partial charge in [0.2, 0.25) is 11.8 Å². The average Bonchev–Trinajstić information content (AvgIpc) is 3.92. The van der Waals surface area contributed by atoms with Crippen molar-refractivity contribution >= 4 is 11.8 Å². The van der Waals surface area contributed by atoms with Gasteiger partial charge in [-0.3, -0.25) is 29.1 Å². The number of nitrogens with two attached hydrogens (primary N) is 1. The second-order valence-corrected chi connectivity index (χ2v) is 19.2. The van der Waals surface area contributed by atoms with Gasteiger partial charge in [0.05, 0.1) is 11.2 Å². The largest absolute Gasteiger partial charge is 0.674 e. The molecule has 2 heterocycles. The number of likely N-dealkylation sites (tertiary alicyclic amines) is 2. The Hall–Kier alpha value is -1.14. The van der Waals surface area contributed by atoms with Gasteiger partial charge >= 0.3 is 12.3 Å². The van der Waals surface area contributed by atoms with E-state index in [1.807, 2.05) is 16.9 Å². The molecule has 1 radical (unpaired) electrons. The molecular weight excluding hydrogens is 705 g/mol. The Morgan fingerprint density at radius 1 is 0.780 bits per heavy atom. The summed E-state index contributed by atoms with van der Waals surface area (Å²) in [5, 5.41) is 10.9. The van der Waals surface area contributed by atoms with Crippen molar-refractivity contribution < 1.29 is 52.1 Å². The number of ether oxygens (including phenoxy) is 1. The van der Waals surface area contributed by atoms with Crippen LogP contribution in [0.1, 0.15) is 116 Å². The van der Waals surface area contributed by atoms with Crippen molar-refractivity contribution in [2.75, 3.05) is 7.11 Å². The van der Waals surface area contributed by atoms with E-state index in [1.54, 1.807) is 0 Å². The molecule has 12 aliphatic rings. The van der Waals surface area contributed by atoms with Crippen molar-refractivity contribution in [2.24, 2.45) is 52.1 Å². The Kier molecular flexibility index (Phi) is 8.94. The van der Waals surface area contributed by atoms with E-state index in [1.165, 1.54) is 12.8 Å². The number of fused-ring (bicyclic) bond motifs is 2. The molecule has 2 amide bonds. The first-order valence-electron chi connectivity index (χ1n) is 19.5. The number of amides is 2. The molecule has 269 valence electrons. The van der Waals surface area contributed by atoms with Gasteiger partial charge in [-0.2, -0.15) is 0 Å². The number of methoxy groups -OCH3 is 1. The molecule has 12 fully saturated rings. The van der Waals surface area contributed by atoms with Gasteiger partial charge in [-0.25, -0.2) is 13.1 Å². The quantitative estimate of drug-likeness (QED) is 0.329. The number of carbonyl (C=O) groups is 2. The number of rotatable bonds is 7. The van der Waals surface area contributed by atoms with E-state index in [0.717, 1.165) is 89.9 Å². The molecule has 12 atom stereocenters. The summed E-state index contributed by atoms with van der Waals surface area (Å²) in [6.45, 7) is 14.7. The topological polar surface area (TPSA) is 129 Å². The van der Waals surface area contributed by atoms with Crippen molar-refractivity contribution in [1.82, 2.24) is 9.80 Å². The second-order valence-electron chi connectivity index (χ2n) is 19.2. The van der Waals surface area contributed by atoms with Gasteiger partial charge in [-0.05, 0) is 136 Å². The van der Waals surface area contributed by atoms with Crippen LogP contribution in [-0.2, 0) is 47.0 Å². The van der Waals surface area contributed by atoms with Crippen molar-refractivity contribution in [3.8, 4) is 0 Å². The zero-order valence-corrected chi connectivity index (χ0v) is 32.6. The normalized spacial score (nSPS) is 50.2. The fourth-order valence-electron chi connectivity index (χ4n) is 14.4. The molecule has 2 aliphatic heterocycles. The maximum absolute atomic E-state index is 12.9. The minimum Gasteiger partial charge on any atom is -0.674 e. The molecule has 11 heteroatoms. The smallest absolute Gasteiger partial charge is 0.301 e. The van der Waals surface area contributed by atoms with Gasteiger partial charge in [0.15, 0.2) is 0 Å². The first kappa shape index (κ1) is 35.9. The summed E-state index contributed by atoms with van der Waals surface area (Å²) in [6, 6.07) is 0.0982. The van der Waals surface area contributed by atoms with Gasteiger partial charge < -0.3 is 21.3 Å². The van der Waals surface area contributed by atoms with Crippen LogP contribution in [0, 0.1) is 59.5 Å². The van der Waals surface area contributed by atoms with E-state index in [0.29, 0.717) is 60.4 Å². The predicted molar refractivity (Wildman–Crippen MR) is 182 cm³/mol. The fourth-order valence-corrected chi connectivity index (χ4v) is 14.4. The summed E-state index contributed by atoms with van der Waals surface area (Å²) in [5.74, 6) is 3.80. The van der Waals surface area contributed by atoms with Crippen LogP contribution < -0.4 is 5.73 Å². The minimum absolute atomic E-state index is 0. The minimum atomic E-state index is -0.529. The van der Waals surface area contributed by atoms with Crippen molar-refractivity contribution in [1.29, 1.82) is 0 Å². The number of aliphatic hydroxyl groups is 1. The first-order valence-corrected chi connectivity index (χ1v) is 19.5. The van der Waals surface area contributed by atoms with Gasteiger partial charge in [0.25, 0.3) is 0 Å². The van der Waals surface area contributed by atoms with Crippen molar-refractivity contribution in [3.05, 3.63) is 28.6 Å². The summed E-state index contributed by atoms with van der Waals surface area (Å²) in [4.78, 5) is 36.8. The van der Waals surface area contributed by atoms with Crippen LogP contribution in [0.3, 0.4) is 0 Å². The van der Waals surface area contributed by atoms with Crippen LogP contribution in [0.2, 0.25) is 0 Å². The van der Waals surface area contributed by atoms with Crippen LogP contribution in [0.4, 0.5) is 0 Å². The van der Waals surface area contributed by atoms with E-state index >= 15 is 0 Å². The maximum Gasteiger partial charge on any atom is 0.301 e. The van der Waals surface area contributed by atoms with E-state index in [2.05, 4.69) is 9.69 Å². The monoisotopic (exact) mass is 760 g/mol. The summed E-state index contributed by atoms with van der Waals surface area (Å²) in [7, 11) is 1.84. The van der Waals surface area contributed by atoms with Gasteiger partial charge in [-0.15, -0.1) is 6.04 Å². The molecule has 12 rings (SSSR count). The van der Waals surface area contributed by atoms with E-state index in [4.69, 9.17) is 29.3 Å². The molecule has 0 aromatic heterocycles. The standard InChI is InChI=1S/C20H28N3O2.C19H27N3O2.Y/c1-22-17-5-14-4-15(14)23(17)18(24)6-16(21)19-7-12-3-13(8-19)10-20(9-12,11-19)25-2;1-21-16-4-13-3-14(13)22(16)17(23)5-15(20)18-6-11-2-12(7-18)9-19(24,8-11)10-18;/h12-17,21H,3-11H2,2H3;11-16,24H,2-10,20H2;/q-1;;/t12?,13?,14-,15-,16+,17-,19?,20?;11?,12?,13-,14-,15+,16-,18?,19?;/m00./s1. The number of carbonyl (C=O) groups excluding carboxylic acids is 2. The molecule has 4 unspecified atom stereocenters. The van der Waals surface area contributed by atoms with E-state index in [9.17, 15) is 14.7 Å². The molecule has 10 saturated carbocycles. The van der Waals surface area contributed by atoms with Gasteiger partial charge in [0.1, 0.15) is 0 Å². The molecule has 0 aromatic rings. The predicted octanol–water partition coefficient (Wildman–Crippen LogP) is 5.55. The van der Waals surface area contributed by atoms with Gasteiger partial charge in [0, 0.05) is 83.6 Å². The third-order valence-electron chi connectivity index (χ3n) is 15.9. The number of hydrogen-bond donors (Lipinski definition) is 2. The Balaban J connectivity index is 0.000000142. The summed E-state index contributed by atoms with van der Waals surface area (Å²) in [5.41, 5.74) is 14.9. The Morgan fingerprint density at radius 3 is 1.74 bits per heavy atom.